The molecule has 1 aromatic carbocycles. The normalized spacial score (nSPS) is 11.3. The number of H-pyrrole nitrogens is 1. The second-order valence-electron chi connectivity index (χ2n) is 4.53. The van der Waals surface area contributed by atoms with E-state index in [1.165, 1.54) is 12.5 Å². The Balaban J connectivity index is 2.08. The molecule has 1 amide bonds. The molecule has 0 saturated heterocycles. The lowest BCUT2D eigenvalue weighted by Gasteiger charge is -2.08. The average molecular weight is 293 g/mol. The van der Waals surface area contributed by atoms with Gasteiger partial charge >= 0.3 is 0 Å². The number of sulfone groups is 1. The number of aromatic nitrogens is 2. The molecule has 0 bridgehead atoms. The van der Waals surface area contributed by atoms with Crippen molar-refractivity contribution in [2.24, 2.45) is 0 Å². The summed E-state index contributed by atoms with van der Waals surface area (Å²) in [5, 5.41) is 9.00. The van der Waals surface area contributed by atoms with Gasteiger partial charge in [-0.25, -0.2) is 8.42 Å². The van der Waals surface area contributed by atoms with E-state index in [9.17, 15) is 13.2 Å². The number of aromatic amines is 1. The van der Waals surface area contributed by atoms with Gasteiger partial charge in [-0.2, -0.15) is 5.10 Å². The number of hydrogen-bond donors (Lipinski definition) is 2. The average Bonchev–Trinajstić information content (AvgIpc) is 2.88. The Morgan fingerprint density at radius 3 is 2.65 bits per heavy atom. The van der Waals surface area contributed by atoms with E-state index in [-0.39, 0.29) is 5.91 Å². The molecule has 2 N–H and O–H groups in total. The van der Waals surface area contributed by atoms with Gasteiger partial charge in [0, 0.05) is 19.0 Å². The standard InChI is InChI=1S/C13H15N3O3S/c1-9-7-10(3-4-12(9)20(2,18)19)8-14-13(17)11-5-6-15-16-11/h3-7H,8H2,1-2H3,(H,14,17)(H,15,16). The summed E-state index contributed by atoms with van der Waals surface area (Å²) in [5.74, 6) is -0.257. The van der Waals surface area contributed by atoms with Crippen LogP contribution in [0.5, 0.6) is 0 Å². The van der Waals surface area contributed by atoms with E-state index < -0.39 is 9.84 Å². The summed E-state index contributed by atoms with van der Waals surface area (Å²) < 4.78 is 23.0. The van der Waals surface area contributed by atoms with Crippen molar-refractivity contribution in [1.29, 1.82) is 0 Å². The molecule has 2 rings (SSSR count). The third-order valence-corrected chi connectivity index (χ3v) is 4.09. The molecule has 0 spiro atoms. The highest BCUT2D eigenvalue weighted by atomic mass is 32.2. The third-order valence-electron chi connectivity index (χ3n) is 2.84. The quantitative estimate of drug-likeness (QED) is 0.881. The Morgan fingerprint density at radius 1 is 1.35 bits per heavy atom. The summed E-state index contributed by atoms with van der Waals surface area (Å²) in [4.78, 5) is 12.0. The molecule has 0 saturated carbocycles. The molecular weight excluding hydrogens is 278 g/mol. The van der Waals surface area contributed by atoms with Gasteiger partial charge in [-0.05, 0) is 30.2 Å². The maximum Gasteiger partial charge on any atom is 0.269 e. The first-order valence-electron chi connectivity index (χ1n) is 5.95. The minimum atomic E-state index is -3.22. The lowest BCUT2D eigenvalue weighted by molar-refractivity contribution is 0.0946. The first kappa shape index (κ1) is 14.3. The van der Waals surface area contributed by atoms with E-state index in [0.717, 1.165) is 5.56 Å². The van der Waals surface area contributed by atoms with Crippen molar-refractivity contribution in [1.82, 2.24) is 15.5 Å². The SMILES string of the molecule is Cc1cc(CNC(=O)c2ccn[nH]2)ccc1S(C)(=O)=O. The molecule has 1 heterocycles. The Hall–Kier alpha value is -2.15. The topological polar surface area (TPSA) is 91.9 Å². The van der Waals surface area contributed by atoms with E-state index in [1.54, 1.807) is 31.2 Å². The van der Waals surface area contributed by atoms with Crippen LogP contribution in [0, 0.1) is 6.92 Å². The number of amides is 1. The third kappa shape index (κ3) is 3.24. The molecule has 0 aliphatic carbocycles. The van der Waals surface area contributed by atoms with Gasteiger partial charge in [-0.1, -0.05) is 12.1 Å². The Morgan fingerprint density at radius 2 is 2.10 bits per heavy atom. The Labute approximate surface area is 117 Å². The van der Waals surface area contributed by atoms with E-state index in [1.807, 2.05) is 0 Å². The van der Waals surface area contributed by atoms with E-state index >= 15 is 0 Å². The fraction of sp³-hybridized carbons (Fsp3) is 0.231. The first-order valence-corrected chi connectivity index (χ1v) is 7.84. The lowest BCUT2D eigenvalue weighted by Crippen LogP contribution is -2.23. The van der Waals surface area contributed by atoms with Crippen molar-refractivity contribution in [2.75, 3.05) is 6.26 Å². The number of benzene rings is 1. The van der Waals surface area contributed by atoms with Gasteiger partial charge < -0.3 is 5.32 Å². The van der Waals surface area contributed by atoms with E-state index in [2.05, 4.69) is 15.5 Å². The van der Waals surface area contributed by atoms with Gasteiger partial charge in [0.25, 0.3) is 5.91 Å². The van der Waals surface area contributed by atoms with Gasteiger partial charge in [0.2, 0.25) is 0 Å². The molecule has 0 aliphatic heterocycles. The minimum Gasteiger partial charge on any atom is -0.347 e. The van der Waals surface area contributed by atoms with Crippen LogP contribution in [-0.2, 0) is 16.4 Å². The van der Waals surface area contributed by atoms with Gasteiger partial charge in [0.05, 0.1) is 4.90 Å². The monoisotopic (exact) mass is 293 g/mol. The summed E-state index contributed by atoms with van der Waals surface area (Å²) in [5.41, 5.74) is 1.89. The zero-order valence-electron chi connectivity index (χ0n) is 11.2. The number of aryl methyl sites for hydroxylation is 1. The van der Waals surface area contributed by atoms with Crippen molar-refractivity contribution < 1.29 is 13.2 Å². The van der Waals surface area contributed by atoms with Gasteiger partial charge in [0.1, 0.15) is 5.69 Å². The van der Waals surface area contributed by atoms with Crippen LogP contribution in [-0.4, -0.2) is 30.8 Å². The summed E-state index contributed by atoms with van der Waals surface area (Å²) in [6, 6.07) is 6.58. The molecule has 6 nitrogen and oxygen atoms in total. The zero-order chi connectivity index (χ0) is 14.8. The maximum atomic E-state index is 11.7. The second-order valence-corrected chi connectivity index (χ2v) is 6.51. The Bertz CT molecular complexity index is 721. The van der Waals surface area contributed by atoms with Crippen LogP contribution in [0.3, 0.4) is 0 Å². The zero-order valence-corrected chi connectivity index (χ0v) is 12.0. The van der Waals surface area contributed by atoms with Gasteiger partial charge in [-0.3, -0.25) is 9.89 Å². The number of carbonyl (C=O) groups excluding carboxylic acids is 1. The van der Waals surface area contributed by atoms with Crippen LogP contribution in [0.15, 0.2) is 35.4 Å². The summed E-state index contributed by atoms with van der Waals surface area (Å²) >= 11 is 0. The van der Waals surface area contributed by atoms with Crippen molar-refractivity contribution in [3.05, 3.63) is 47.3 Å². The van der Waals surface area contributed by atoms with Crippen LogP contribution in [0.1, 0.15) is 21.6 Å². The van der Waals surface area contributed by atoms with Gasteiger partial charge in [-0.15, -0.1) is 0 Å². The van der Waals surface area contributed by atoms with Crippen LogP contribution in [0.2, 0.25) is 0 Å². The fourth-order valence-electron chi connectivity index (χ4n) is 1.90. The molecule has 1 aromatic heterocycles. The number of nitrogens with zero attached hydrogens (tertiary/aromatic N) is 1. The predicted molar refractivity (Wildman–Crippen MR) is 74.0 cm³/mol. The van der Waals surface area contributed by atoms with Crippen molar-refractivity contribution >= 4 is 15.7 Å². The molecule has 20 heavy (non-hydrogen) atoms. The van der Waals surface area contributed by atoms with Crippen LogP contribution < -0.4 is 5.32 Å². The number of hydrogen-bond acceptors (Lipinski definition) is 4. The fourth-order valence-corrected chi connectivity index (χ4v) is 2.86. The first-order chi connectivity index (χ1) is 9.38. The summed E-state index contributed by atoms with van der Waals surface area (Å²) in [6.45, 7) is 2.05. The highest BCUT2D eigenvalue weighted by Gasteiger charge is 2.11. The smallest absolute Gasteiger partial charge is 0.269 e. The highest BCUT2D eigenvalue weighted by Crippen LogP contribution is 2.16. The van der Waals surface area contributed by atoms with Crippen LogP contribution >= 0.6 is 0 Å². The molecule has 2 aromatic rings. The van der Waals surface area contributed by atoms with E-state index in [4.69, 9.17) is 0 Å². The molecule has 0 atom stereocenters. The van der Waals surface area contributed by atoms with Crippen LogP contribution in [0.25, 0.3) is 0 Å². The molecule has 0 fully saturated rings. The predicted octanol–water partition coefficient (Wildman–Crippen LogP) is 1.05. The summed E-state index contributed by atoms with van der Waals surface area (Å²) in [6.07, 6.45) is 2.68. The number of nitrogens with one attached hydrogen (secondary N) is 2. The molecule has 0 unspecified atom stereocenters. The van der Waals surface area contributed by atoms with Gasteiger partial charge in [0.15, 0.2) is 9.84 Å². The molecule has 106 valence electrons. The molecule has 0 radical (unpaired) electrons. The molecule has 0 aliphatic rings. The maximum absolute atomic E-state index is 11.7. The largest absolute Gasteiger partial charge is 0.347 e. The van der Waals surface area contributed by atoms with Crippen molar-refractivity contribution in [3.8, 4) is 0 Å². The summed E-state index contributed by atoms with van der Waals surface area (Å²) in [7, 11) is -3.22. The van der Waals surface area contributed by atoms with Crippen LogP contribution in [0.4, 0.5) is 0 Å². The second kappa shape index (κ2) is 5.46. The molecular formula is C13H15N3O3S. The highest BCUT2D eigenvalue weighted by molar-refractivity contribution is 7.90. The number of rotatable bonds is 4. The number of carbonyl (C=O) groups is 1. The van der Waals surface area contributed by atoms with E-state index in [0.29, 0.717) is 22.7 Å². The van der Waals surface area contributed by atoms with Crippen molar-refractivity contribution in [3.63, 3.8) is 0 Å². The Kier molecular flexibility index (Phi) is 3.89. The minimum absolute atomic E-state index is 0.257. The molecule has 7 heteroatoms. The lowest BCUT2D eigenvalue weighted by atomic mass is 10.1. The van der Waals surface area contributed by atoms with Crippen molar-refractivity contribution in [2.45, 2.75) is 18.4 Å².